The molecule has 0 radical (unpaired) electrons. The molecular weight excluding hydrogens is 352 g/mol. The van der Waals surface area contributed by atoms with Crippen molar-refractivity contribution < 1.29 is 28.2 Å². The van der Waals surface area contributed by atoms with Crippen molar-refractivity contribution in [3.63, 3.8) is 0 Å². The van der Waals surface area contributed by atoms with Gasteiger partial charge in [-0.3, -0.25) is 9.59 Å². The predicted molar refractivity (Wildman–Crippen MR) is 100 cm³/mol. The van der Waals surface area contributed by atoms with Crippen LogP contribution >= 0.6 is 0 Å². The minimum Gasteiger partial charge on any atom is -0.458 e. The number of hydrogen-bond donors (Lipinski definition) is 0. The van der Waals surface area contributed by atoms with E-state index in [-0.39, 0.29) is 16.8 Å². The molecule has 2 rings (SSSR count). The van der Waals surface area contributed by atoms with Gasteiger partial charge in [-0.1, -0.05) is 20.8 Å². The van der Waals surface area contributed by atoms with Crippen LogP contribution in [0.15, 0.2) is 12.2 Å². The molecule has 0 saturated carbocycles. The number of ketones is 1. The van der Waals surface area contributed by atoms with E-state index in [0.29, 0.717) is 6.42 Å². The first kappa shape index (κ1) is 21.3. The van der Waals surface area contributed by atoms with E-state index in [1.807, 2.05) is 0 Å². The molecule has 1 aliphatic heterocycles. The molecule has 2 aliphatic rings. The standard InChI is InChI=1S/C19H32O6Si/c1-12(20)22-13-9-10-14(21)16-17(24-19(5,6)23-16)15(11-13)25-26(7,8)18(2,3)4/h9-10,13,15-17H,11H2,1-8H3/b10-9-/t13-,15-,16+,17-/m0/s1. The van der Waals surface area contributed by atoms with Gasteiger partial charge in [0.2, 0.25) is 0 Å². The van der Waals surface area contributed by atoms with Crippen LogP contribution in [-0.2, 0) is 28.2 Å². The summed E-state index contributed by atoms with van der Waals surface area (Å²) >= 11 is 0. The molecule has 0 aromatic rings. The van der Waals surface area contributed by atoms with E-state index in [2.05, 4.69) is 33.9 Å². The Bertz CT molecular complexity index is 589. The summed E-state index contributed by atoms with van der Waals surface area (Å²) in [4.78, 5) is 24.0. The monoisotopic (exact) mass is 384 g/mol. The summed E-state index contributed by atoms with van der Waals surface area (Å²) < 4.78 is 23.9. The van der Waals surface area contributed by atoms with E-state index in [1.54, 1.807) is 19.9 Å². The van der Waals surface area contributed by atoms with E-state index < -0.39 is 38.5 Å². The smallest absolute Gasteiger partial charge is 0.303 e. The van der Waals surface area contributed by atoms with E-state index in [0.717, 1.165) is 0 Å². The molecule has 0 N–H and O–H groups in total. The number of hydrogen-bond acceptors (Lipinski definition) is 6. The van der Waals surface area contributed by atoms with Crippen molar-refractivity contribution in [2.75, 3.05) is 0 Å². The zero-order valence-corrected chi connectivity index (χ0v) is 18.1. The molecule has 1 saturated heterocycles. The molecule has 0 spiro atoms. The normalized spacial score (nSPS) is 33.2. The van der Waals surface area contributed by atoms with Crippen molar-refractivity contribution in [3.8, 4) is 0 Å². The van der Waals surface area contributed by atoms with E-state index in [4.69, 9.17) is 18.6 Å². The Balaban J connectivity index is 2.37. The molecule has 0 bridgehead atoms. The van der Waals surface area contributed by atoms with Crippen LogP contribution in [0.25, 0.3) is 0 Å². The van der Waals surface area contributed by atoms with E-state index in [1.165, 1.54) is 13.0 Å². The van der Waals surface area contributed by atoms with Crippen molar-refractivity contribution in [2.45, 2.75) is 96.3 Å². The molecule has 0 aromatic carbocycles. The lowest BCUT2D eigenvalue weighted by Crippen LogP contribution is -2.52. The number of ether oxygens (including phenoxy) is 3. The molecule has 0 aromatic heterocycles. The average Bonchev–Trinajstić information content (AvgIpc) is 2.76. The second-order valence-electron chi connectivity index (χ2n) is 9.08. The number of fused-ring (bicyclic) bond motifs is 1. The molecule has 1 heterocycles. The van der Waals surface area contributed by atoms with Gasteiger partial charge in [0, 0.05) is 13.3 Å². The van der Waals surface area contributed by atoms with Gasteiger partial charge in [-0.2, -0.15) is 0 Å². The first-order valence-electron chi connectivity index (χ1n) is 9.14. The van der Waals surface area contributed by atoms with Crippen LogP contribution in [0.5, 0.6) is 0 Å². The molecule has 4 atom stereocenters. The zero-order valence-electron chi connectivity index (χ0n) is 17.1. The van der Waals surface area contributed by atoms with Gasteiger partial charge >= 0.3 is 5.97 Å². The Labute approximate surface area is 157 Å². The minimum absolute atomic E-state index is 0.00335. The Kier molecular flexibility index (Phi) is 5.88. The molecule has 26 heavy (non-hydrogen) atoms. The van der Waals surface area contributed by atoms with Crippen LogP contribution in [0.4, 0.5) is 0 Å². The molecule has 6 nitrogen and oxygen atoms in total. The lowest BCUT2D eigenvalue weighted by molar-refractivity contribution is -0.159. The first-order valence-corrected chi connectivity index (χ1v) is 12.1. The van der Waals surface area contributed by atoms with Crippen LogP contribution in [0, 0.1) is 0 Å². The molecular formula is C19H32O6Si. The van der Waals surface area contributed by atoms with Crippen LogP contribution in [0.1, 0.15) is 48.0 Å². The van der Waals surface area contributed by atoms with Gasteiger partial charge in [-0.05, 0) is 44.1 Å². The Morgan fingerprint density at radius 2 is 1.88 bits per heavy atom. The molecule has 148 valence electrons. The van der Waals surface area contributed by atoms with Crippen molar-refractivity contribution in [2.24, 2.45) is 0 Å². The fourth-order valence-electron chi connectivity index (χ4n) is 2.99. The van der Waals surface area contributed by atoms with Crippen molar-refractivity contribution in [1.29, 1.82) is 0 Å². The largest absolute Gasteiger partial charge is 0.458 e. The number of carbonyl (C=O) groups excluding carboxylic acids is 2. The molecule has 1 aliphatic carbocycles. The molecule has 1 fully saturated rings. The van der Waals surface area contributed by atoms with Gasteiger partial charge in [0.25, 0.3) is 0 Å². The Morgan fingerprint density at radius 1 is 1.27 bits per heavy atom. The van der Waals surface area contributed by atoms with Crippen molar-refractivity contribution in [3.05, 3.63) is 12.2 Å². The maximum absolute atomic E-state index is 12.6. The first-order chi connectivity index (χ1) is 11.7. The molecule has 0 amide bonds. The molecule has 0 unspecified atom stereocenters. The fourth-order valence-corrected chi connectivity index (χ4v) is 4.33. The van der Waals surface area contributed by atoms with Gasteiger partial charge < -0.3 is 18.6 Å². The van der Waals surface area contributed by atoms with Gasteiger partial charge in [0.15, 0.2) is 26.0 Å². The number of rotatable bonds is 3. The quantitative estimate of drug-likeness (QED) is 0.549. The lowest BCUT2D eigenvalue weighted by atomic mass is 9.96. The summed E-state index contributed by atoms with van der Waals surface area (Å²) in [5, 5.41) is -0.00335. The maximum Gasteiger partial charge on any atom is 0.303 e. The van der Waals surface area contributed by atoms with Gasteiger partial charge in [-0.25, -0.2) is 0 Å². The summed E-state index contributed by atoms with van der Waals surface area (Å²) in [5.74, 6) is -1.45. The molecule has 7 heteroatoms. The SMILES string of the molecule is CC(=O)O[C@H]1/C=C\C(=O)[C@H]2OC(C)(C)O[C@H]2[C@@H](O[Si](C)(C)C(C)(C)C)C1. The highest BCUT2D eigenvalue weighted by Gasteiger charge is 2.52. The third kappa shape index (κ3) is 4.82. The van der Waals surface area contributed by atoms with Gasteiger partial charge in [-0.15, -0.1) is 0 Å². The third-order valence-corrected chi connectivity index (χ3v) is 9.79. The number of esters is 1. The lowest BCUT2D eigenvalue weighted by Gasteiger charge is -2.42. The number of carbonyl (C=O) groups is 2. The highest BCUT2D eigenvalue weighted by Crippen LogP contribution is 2.41. The van der Waals surface area contributed by atoms with Crippen LogP contribution in [0.2, 0.25) is 18.1 Å². The summed E-state index contributed by atoms with van der Waals surface area (Å²) in [6.07, 6.45) is 1.30. The van der Waals surface area contributed by atoms with Crippen LogP contribution in [0.3, 0.4) is 0 Å². The summed E-state index contributed by atoms with van der Waals surface area (Å²) in [6, 6.07) is 0. The second-order valence-corrected chi connectivity index (χ2v) is 13.8. The maximum atomic E-state index is 12.6. The van der Waals surface area contributed by atoms with Crippen molar-refractivity contribution >= 4 is 20.1 Å². The van der Waals surface area contributed by atoms with E-state index in [9.17, 15) is 9.59 Å². The third-order valence-electron chi connectivity index (χ3n) is 5.29. The zero-order chi connectivity index (χ0) is 19.9. The predicted octanol–water partition coefficient (Wildman–Crippen LogP) is 3.36. The average molecular weight is 385 g/mol. The minimum atomic E-state index is -2.14. The Morgan fingerprint density at radius 3 is 2.42 bits per heavy atom. The van der Waals surface area contributed by atoms with Crippen molar-refractivity contribution in [1.82, 2.24) is 0 Å². The Hall–Kier alpha value is -1.02. The summed E-state index contributed by atoms with van der Waals surface area (Å²) in [6.45, 7) is 15.7. The highest BCUT2D eigenvalue weighted by molar-refractivity contribution is 6.74. The van der Waals surface area contributed by atoms with E-state index >= 15 is 0 Å². The highest BCUT2D eigenvalue weighted by atomic mass is 28.4. The fraction of sp³-hybridized carbons (Fsp3) is 0.789. The van der Waals surface area contributed by atoms with Crippen LogP contribution < -0.4 is 0 Å². The topological polar surface area (TPSA) is 71.1 Å². The van der Waals surface area contributed by atoms with Gasteiger partial charge in [0.1, 0.15) is 12.2 Å². The van der Waals surface area contributed by atoms with Crippen LogP contribution in [-0.4, -0.2) is 50.3 Å². The second kappa shape index (κ2) is 7.18. The summed E-state index contributed by atoms with van der Waals surface area (Å²) in [5.41, 5.74) is 0. The van der Waals surface area contributed by atoms with Gasteiger partial charge in [0.05, 0.1) is 6.10 Å². The summed E-state index contributed by atoms with van der Waals surface area (Å²) in [7, 11) is -2.14.